The van der Waals surface area contributed by atoms with Crippen LogP contribution < -0.4 is 0 Å². The van der Waals surface area contributed by atoms with Crippen LogP contribution in [0.4, 0.5) is 0 Å². The highest BCUT2D eigenvalue weighted by molar-refractivity contribution is 6.08. The van der Waals surface area contributed by atoms with Crippen LogP contribution in [-0.4, -0.2) is 4.98 Å². The molecule has 0 saturated carbocycles. The minimum Gasteiger partial charge on any atom is -0.256 e. The maximum atomic E-state index is 4.62. The Morgan fingerprint density at radius 2 is 1.30 bits per heavy atom. The quantitative estimate of drug-likeness (QED) is 0.313. The molecule has 1 heterocycles. The number of fused-ring (bicyclic) bond motifs is 3. The van der Waals surface area contributed by atoms with Crippen molar-refractivity contribution in [1.29, 1.82) is 0 Å². The number of benzene rings is 4. The van der Waals surface area contributed by atoms with Gasteiger partial charge in [-0.25, -0.2) is 0 Å². The molecule has 5 aromatic rings. The SMILES string of the molecule is Cc1ccc2c(ccc3cc(-c4cc(-c5ccccc5)ccn4)ccc32)c1. The minimum atomic E-state index is 1.00. The zero-order chi connectivity index (χ0) is 18.2. The summed E-state index contributed by atoms with van der Waals surface area (Å²) in [6.45, 7) is 2.14. The van der Waals surface area contributed by atoms with Crippen LogP contribution in [0, 0.1) is 6.92 Å². The lowest BCUT2D eigenvalue weighted by atomic mass is 9.97. The average molecular weight is 345 g/mol. The third kappa shape index (κ3) is 2.88. The molecular weight excluding hydrogens is 326 g/mol. The monoisotopic (exact) mass is 345 g/mol. The van der Waals surface area contributed by atoms with Gasteiger partial charge in [-0.05, 0) is 57.8 Å². The van der Waals surface area contributed by atoms with Crippen LogP contribution in [0.15, 0.2) is 97.2 Å². The number of nitrogens with zero attached hydrogens (tertiary/aromatic N) is 1. The highest BCUT2D eigenvalue weighted by Gasteiger charge is 2.06. The fourth-order valence-electron chi connectivity index (χ4n) is 3.75. The zero-order valence-electron chi connectivity index (χ0n) is 15.2. The van der Waals surface area contributed by atoms with Gasteiger partial charge in [0.1, 0.15) is 0 Å². The molecule has 0 bridgehead atoms. The summed E-state index contributed by atoms with van der Waals surface area (Å²) in [6, 6.07) is 32.4. The van der Waals surface area contributed by atoms with Crippen molar-refractivity contribution >= 4 is 21.5 Å². The van der Waals surface area contributed by atoms with Gasteiger partial charge >= 0.3 is 0 Å². The molecule has 0 fully saturated rings. The molecule has 1 heteroatoms. The fourth-order valence-corrected chi connectivity index (χ4v) is 3.75. The van der Waals surface area contributed by atoms with Gasteiger partial charge in [-0.1, -0.05) is 78.4 Å². The largest absolute Gasteiger partial charge is 0.256 e. The van der Waals surface area contributed by atoms with E-state index >= 15 is 0 Å². The molecule has 0 aliphatic rings. The Morgan fingerprint density at radius 1 is 0.556 bits per heavy atom. The Kier molecular flexibility index (Phi) is 3.72. The predicted molar refractivity (Wildman–Crippen MR) is 115 cm³/mol. The van der Waals surface area contributed by atoms with Crippen molar-refractivity contribution in [2.75, 3.05) is 0 Å². The number of hydrogen-bond donors (Lipinski definition) is 0. The van der Waals surface area contributed by atoms with E-state index in [2.05, 4.69) is 96.8 Å². The number of pyridine rings is 1. The van der Waals surface area contributed by atoms with Crippen LogP contribution in [0.3, 0.4) is 0 Å². The summed E-state index contributed by atoms with van der Waals surface area (Å²) >= 11 is 0. The topological polar surface area (TPSA) is 12.9 Å². The number of aromatic nitrogens is 1. The molecule has 27 heavy (non-hydrogen) atoms. The average Bonchev–Trinajstić information content (AvgIpc) is 2.74. The Labute approximate surface area is 158 Å². The van der Waals surface area contributed by atoms with Gasteiger partial charge in [-0.15, -0.1) is 0 Å². The molecule has 4 aromatic carbocycles. The van der Waals surface area contributed by atoms with Crippen molar-refractivity contribution < 1.29 is 0 Å². The predicted octanol–water partition coefficient (Wildman–Crippen LogP) is 7.03. The Morgan fingerprint density at radius 3 is 2.11 bits per heavy atom. The molecule has 0 aliphatic carbocycles. The van der Waals surface area contributed by atoms with Gasteiger partial charge in [-0.3, -0.25) is 4.98 Å². The van der Waals surface area contributed by atoms with Crippen molar-refractivity contribution in [2.24, 2.45) is 0 Å². The number of rotatable bonds is 2. The molecule has 0 amide bonds. The van der Waals surface area contributed by atoms with Gasteiger partial charge in [0.05, 0.1) is 5.69 Å². The summed E-state index contributed by atoms with van der Waals surface area (Å²) < 4.78 is 0. The maximum Gasteiger partial charge on any atom is 0.0708 e. The molecule has 0 N–H and O–H groups in total. The first-order chi connectivity index (χ1) is 13.3. The van der Waals surface area contributed by atoms with E-state index in [4.69, 9.17) is 0 Å². The van der Waals surface area contributed by atoms with Crippen molar-refractivity contribution in [1.82, 2.24) is 4.98 Å². The van der Waals surface area contributed by atoms with E-state index < -0.39 is 0 Å². The molecule has 0 radical (unpaired) electrons. The van der Waals surface area contributed by atoms with Crippen LogP contribution in [-0.2, 0) is 0 Å². The van der Waals surface area contributed by atoms with Crippen molar-refractivity contribution in [3.63, 3.8) is 0 Å². The molecule has 0 saturated heterocycles. The first-order valence-corrected chi connectivity index (χ1v) is 9.23. The lowest BCUT2D eigenvalue weighted by molar-refractivity contribution is 1.33. The van der Waals surface area contributed by atoms with Gasteiger partial charge < -0.3 is 0 Å². The van der Waals surface area contributed by atoms with Crippen LogP contribution in [0.25, 0.3) is 43.9 Å². The molecule has 0 unspecified atom stereocenters. The van der Waals surface area contributed by atoms with Crippen LogP contribution in [0.5, 0.6) is 0 Å². The third-order valence-corrected chi connectivity index (χ3v) is 5.15. The van der Waals surface area contributed by atoms with Gasteiger partial charge in [0.15, 0.2) is 0 Å². The van der Waals surface area contributed by atoms with Crippen LogP contribution in [0.1, 0.15) is 5.56 Å². The minimum absolute atomic E-state index is 1.00. The second-order valence-electron chi connectivity index (χ2n) is 7.02. The van der Waals surface area contributed by atoms with Crippen molar-refractivity contribution in [3.8, 4) is 22.4 Å². The first kappa shape index (κ1) is 15.8. The second kappa shape index (κ2) is 6.37. The number of hydrogen-bond acceptors (Lipinski definition) is 1. The van der Waals surface area contributed by atoms with E-state index in [1.165, 1.54) is 38.2 Å². The molecule has 5 rings (SSSR count). The van der Waals surface area contributed by atoms with Crippen LogP contribution >= 0.6 is 0 Å². The molecule has 1 nitrogen and oxygen atoms in total. The number of aryl methyl sites for hydroxylation is 1. The second-order valence-corrected chi connectivity index (χ2v) is 7.02. The highest BCUT2D eigenvalue weighted by Crippen LogP contribution is 2.31. The fraction of sp³-hybridized carbons (Fsp3) is 0.0385. The Hall–Kier alpha value is -3.45. The summed E-state index contributed by atoms with van der Waals surface area (Å²) in [5.74, 6) is 0. The summed E-state index contributed by atoms with van der Waals surface area (Å²) in [6.07, 6.45) is 1.89. The standard InChI is InChI=1S/C26H19N/c1-18-7-11-24-21(15-18)8-9-22-16-23(10-12-25(22)24)26-17-20(13-14-27-26)19-5-3-2-4-6-19/h2-17H,1H3. The van der Waals surface area contributed by atoms with Gasteiger partial charge in [0, 0.05) is 11.8 Å². The van der Waals surface area contributed by atoms with E-state index in [9.17, 15) is 0 Å². The van der Waals surface area contributed by atoms with E-state index in [1.54, 1.807) is 0 Å². The molecule has 0 aliphatic heterocycles. The van der Waals surface area contributed by atoms with E-state index in [-0.39, 0.29) is 0 Å². The van der Waals surface area contributed by atoms with Crippen molar-refractivity contribution in [2.45, 2.75) is 6.92 Å². The van der Waals surface area contributed by atoms with E-state index in [0.717, 1.165) is 11.3 Å². The van der Waals surface area contributed by atoms with Gasteiger partial charge in [0.25, 0.3) is 0 Å². The summed E-state index contributed by atoms with van der Waals surface area (Å²) in [5.41, 5.74) is 5.84. The maximum absolute atomic E-state index is 4.62. The molecular formula is C26H19N. The molecule has 0 spiro atoms. The first-order valence-electron chi connectivity index (χ1n) is 9.23. The normalized spacial score (nSPS) is 11.1. The lowest BCUT2D eigenvalue weighted by Gasteiger charge is -2.09. The zero-order valence-corrected chi connectivity index (χ0v) is 15.2. The molecule has 1 aromatic heterocycles. The van der Waals surface area contributed by atoms with E-state index in [0.29, 0.717) is 0 Å². The van der Waals surface area contributed by atoms with Crippen molar-refractivity contribution in [3.05, 3.63) is 103 Å². The lowest BCUT2D eigenvalue weighted by Crippen LogP contribution is -1.86. The highest BCUT2D eigenvalue weighted by atomic mass is 14.7. The Bertz CT molecular complexity index is 1270. The van der Waals surface area contributed by atoms with Gasteiger partial charge in [0.2, 0.25) is 0 Å². The van der Waals surface area contributed by atoms with Gasteiger partial charge in [-0.2, -0.15) is 0 Å². The smallest absolute Gasteiger partial charge is 0.0708 e. The molecule has 0 atom stereocenters. The summed E-state index contributed by atoms with van der Waals surface area (Å²) in [4.78, 5) is 4.62. The van der Waals surface area contributed by atoms with E-state index in [1.807, 2.05) is 12.3 Å². The molecule has 128 valence electrons. The summed E-state index contributed by atoms with van der Waals surface area (Å²) in [5, 5.41) is 5.13. The third-order valence-electron chi connectivity index (χ3n) is 5.15. The summed E-state index contributed by atoms with van der Waals surface area (Å²) in [7, 11) is 0. The van der Waals surface area contributed by atoms with Crippen LogP contribution in [0.2, 0.25) is 0 Å². The Balaban J connectivity index is 1.63.